The third-order valence-electron chi connectivity index (χ3n) is 4.49. The van der Waals surface area contributed by atoms with Crippen LogP contribution in [0.3, 0.4) is 0 Å². The van der Waals surface area contributed by atoms with E-state index in [1.807, 2.05) is 6.92 Å². The van der Waals surface area contributed by atoms with Crippen molar-refractivity contribution >= 4 is 45.3 Å². The molecule has 1 aromatic heterocycles. The molecule has 3 rings (SSSR count). The number of benzene rings is 1. The number of ether oxygens (including phenoxy) is 1. The first-order valence-corrected chi connectivity index (χ1v) is 9.79. The average Bonchev–Trinajstić information content (AvgIpc) is 2.78. The smallest absolute Gasteiger partial charge is 0.341 e. The highest BCUT2D eigenvalue weighted by molar-refractivity contribution is 7.80. The number of hydrogen-bond acceptors (Lipinski definition) is 4. The van der Waals surface area contributed by atoms with Crippen LogP contribution in [0, 0.1) is 12.7 Å². The number of carbonyl (C=O) groups is 1. The lowest BCUT2D eigenvalue weighted by Crippen LogP contribution is -2.20. The van der Waals surface area contributed by atoms with Gasteiger partial charge < -0.3 is 15.4 Å². The van der Waals surface area contributed by atoms with E-state index in [9.17, 15) is 9.18 Å². The summed E-state index contributed by atoms with van der Waals surface area (Å²) in [5.41, 5.74) is 3.13. The van der Waals surface area contributed by atoms with E-state index in [-0.39, 0.29) is 11.8 Å². The summed E-state index contributed by atoms with van der Waals surface area (Å²) in [6, 6.07) is 4.49. The molecule has 2 N–H and O–H groups in total. The van der Waals surface area contributed by atoms with Crippen LogP contribution in [0.2, 0.25) is 0 Å². The van der Waals surface area contributed by atoms with Crippen molar-refractivity contribution in [3.8, 4) is 0 Å². The van der Waals surface area contributed by atoms with E-state index in [0.29, 0.717) is 21.4 Å². The first-order valence-electron chi connectivity index (χ1n) is 8.56. The van der Waals surface area contributed by atoms with Crippen molar-refractivity contribution in [2.45, 2.75) is 39.0 Å². The average molecular weight is 393 g/mol. The zero-order valence-corrected chi connectivity index (χ0v) is 16.4. The largest absolute Gasteiger partial charge is 0.465 e. The van der Waals surface area contributed by atoms with Crippen LogP contribution >= 0.6 is 23.6 Å². The normalized spacial score (nSPS) is 13.5. The van der Waals surface area contributed by atoms with E-state index < -0.39 is 0 Å². The Morgan fingerprint density at radius 2 is 2.00 bits per heavy atom. The molecule has 1 aliphatic carbocycles. The molecule has 0 radical (unpaired) electrons. The summed E-state index contributed by atoms with van der Waals surface area (Å²) in [5.74, 6) is -0.685. The maximum Gasteiger partial charge on any atom is 0.341 e. The molecule has 0 atom stereocenters. The Labute approximate surface area is 161 Å². The molecule has 1 aliphatic rings. The fourth-order valence-electron chi connectivity index (χ4n) is 3.13. The van der Waals surface area contributed by atoms with Crippen molar-refractivity contribution in [2.24, 2.45) is 0 Å². The van der Waals surface area contributed by atoms with E-state index in [1.165, 1.54) is 30.5 Å². The molecule has 0 bridgehead atoms. The minimum atomic E-state index is -0.350. The second-order valence-corrected chi connectivity index (χ2v) is 7.81. The molecular formula is C19H21FN2O2S2. The second-order valence-electron chi connectivity index (χ2n) is 6.30. The number of nitrogens with one attached hydrogen (secondary N) is 2. The molecule has 0 aliphatic heterocycles. The summed E-state index contributed by atoms with van der Waals surface area (Å²) < 4.78 is 18.5. The van der Waals surface area contributed by atoms with Crippen LogP contribution in [0.4, 0.5) is 15.1 Å². The van der Waals surface area contributed by atoms with Crippen LogP contribution < -0.4 is 10.6 Å². The zero-order chi connectivity index (χ0) is 18.7. The highest BCUT2D eigenvalue weighted by Gasteiger charge is 2.25. The van der Waals surface area contributed by atoms with Gasteiger partial charge in [0.1, 0.15) is 10.8 Å². The summed E-state index contributed by atoms with van der Waals surface area (Å²) >= 11 is 6.93. The molecule has 1 heterocycles. The third kappa shape index (κ3) is 4.04. The Kier molecular flexibility index (Phi) is 5.88. The molecule has 26 heavy (non-hydrogen) atoms. The Bertz CT molecular complexity index is 848. The number of anilines is 2. The van der Waals surface area contributed by atoms with E-state index in [2.05, 4.69) is 10.6 Å². The van der Waals surface area contributed by atoms with Crippen molar-refractivity contribution in [2.75, 3.05) is 17.7 Å². The second kappa shape index (κ2) is 8.14. The van der Waals surface area contributed by atoms with Crippen molar-refractivity contribution in [1.82, 2.24) is 0 Å². The Morgan fingerprint density at radius 1 is 1.23 bits per heavy atom. The maximum atomic E-state index is 13.5. The number of rotatable bonds is 3. The van der Waals surface area contributed by atoms with Gasteiger partial charge in [0.05, 0.1) is 12.7 Å². The predicted molar refractivity (Wildman–Crippen MR) is 108 cm³/mol. The maximum absolute atomic E-state index is 13.5. The number of esters is 1. The number of thiocarbonyl (C=S) groups is 1. The molecule has 0 saturated heterocycles. The van der Waals surface area contributed by atoms with Gasteiger partial charge in [-0.15, -0.1) is 11.3 Å². The molecule has 0 spiro atoms. The molecule has 7 heteroatoms. The number of halogens is 1. The van der Waals surface area contributed by atoms with Gasteiger partial charge in [-0.1, -0.05) is 12.5 Å². The van der Waals surface area contributed by atoms with Crippen molar-refractivity contribution in [3.05, 3.63) is 45.6 Å². The van der Waals surface area contributed by atoms with E-state index in [0.717, 1.165) is 36.8 Å². The minimum Gasteiger partial charge on any atom is -0.465 e. The third-order valence-corrected chi connectivity index (χ3v) is 5.90. The molecule has 0 saturated carbocycles. The van der Waals surface area contributed by atoms with E-state index in [4.69, 9.17) is 17.0 Å². The van der Waals surface area contributed by atoms with Gasteiger partial charge in [0.25, 0.3) is 0 Å². The Hall–Kier alpha value is -1.99. The first kappa shape index (κ1) is 18.8. The van der Waals surface area contributed by atoms with Crippen LogP contribution in [0.25, 0.3) is 0 Å². The van der Waals surface area contributed by atoms with Crippen LogP contribution in [-0.2, 0) is 17.6 Å². The molecule has 2 aromatic rings. The molecule has 138 valence electrons. The van der Waals surface area contributed by atoms with Gasteiger partial charge in [-0.25, -0.2) is 9.18 Å². The summed E-state index contributed by atoms with van der Waals surface area (Å²) in [6.07, 6.45) is 5.21. The van der Waals surface area contributed by atoms with Crippen molar-refractivity contribution in [3.63, 3.8) is 0 Å². The van der Waals surface area contributed by atoms with Gasteiger partial charge in [-0.3, -0.25) is 0 Å². The van der Waals surface area contributed by atoms with Crippen LogP contribution in [0.15, 0.2) is 18.2 Å². The van der Waals surface area contributed by atoms with Gasteiger partial charge in [-0.05, 0) is 68.1 Å². The molecule has 0 amide bonds. The Morgan fingerprint density at radius 3 is 2.77 bits per heavy atom. The summed E-state index contributed by atoms with van der Waals surface area (Å²) in [4.78, 5) is 13.6. The van der Waals surface area contributed by atoms with E-state index in [1.54, 1.807) is 17.4 Å². The monoisotopic (exact) mass is 392 g/mol. The predicted octanol–water partition coefficient (Wildman–Crippen LogP) is 5.06. The first-order chi connectivity index (χ1) is 12.5. The highest BCUT2D eigenvalue weighted by Crippen LogP contribution is 2.38. The minimum absolute atomic E-state index is 0.320. The number of methoxy groups -OCH3 is 1. The molecule has 1 aromatic carbocycles. The number of thiophene rings is 1. The van der Waals surface area contributed by atoms with Gasteiger partial charge in [0.2, 0.25) is 0 Å². The molecular weight excluding hydrogens is 371 g/mol. The zero-order valence-electron chi connectivity index (χ0n) is 14.8. The van der Waals surface area contributed by atoms with Gasteiger partial charge >= 0.3 is 5.97 Å². The lowest BCUT2D eigenvalue weighted by Gasteiger charge is -2.13. The van der Waals surface area contributed by atoms with Crippen LogP contribution in [-0.4, -0.2) is 18.2 Å². The molecule has 0 unspecified atom stereocenters. The fourth-order valence-corrected chi connectivity index (χ4v) is 4.69. The highest BCUT2D eigenvalue weighted by atomic mass is 32.1. The topological polar surface area (TPSA) is 50.4 Å². The van der Waals surface area contributed by atoms with Crippen LogP contribution in [0.1, 0.15) is 45.6 Å². The fraction of sp³-hybridized carbons (Fsp3) is 0.368. The summed E-state index contributed by atoms with van der Waals surface area (Å²) in [6.45, 7) is 1.87. The number of aryl methyl sites for hydroxylation is 2. The van der Waals surface area contributed by atoms with Gasteiger partial charge in [-0.2, -0.15) is 0 Å². The molecule has 4 nitrogen and oxygen atoms in total. The van der Waals surface area contributed by atoms with Crippen molar-refractivity contribution < 1.29 is 13.9 Å². The number of carbonyl (C=O) groups excluding carboxylic acids is 1. The van der Waals surface area contributed by atoms with Gasteiger partial charge in [0, 0.05) is 10.6 Å². The molecule has 0 fully saturated rings. The SMILES string of the molecule is COC(=O)c1c(NC(=S)Nc2cc(F)ccc2C)sc2c1CCCCC2. The summed E-state index contributed by atoms with van der Waals surface area (Å²) in [5, 5.41) is 7.14. The van der Waals surface area contributed by atoms with E-state index >= 15 is 0 Å². The number of hydrogen-bond donors (Lipinski definition) is 2. The summed E-state index contributed by atoms with van der Waals surface area (Å²) in [7, 11) is 1.39. The van der Waals surface area contributed by atoms with Crippen molar-refractivity contribution in [1.29, 1.82) is 0 Å². The van der Waals surface area contributed by atoms with Crippen LogP contribution in [0.5, 0.6) is 0 Å². The number of fused-ring (bicyclic) bond motifs is 1. The lowest BCUT2D eigenvalue weighted by atomic mass is 10.1. The standard InChI is InChI=1S/C19H21FN2O2S2/c1-11-8-9-12(20)10-14(11)21-19(25)22-17-16(18(23)24-2)13-6-4-3-5-7-15(13)26-17/h8-10H,3-7H2,1-2H3,(H2,21,22,25). The Balaban J connectivity index is 1.85. The lowest BCUT2D eigenvalue weighted by molar-refractivity contribution is 0.0601. The van der Waals surface area contributed by atoms with Gasteiger partial charge in [0.15, 0.2) is 5.11 Å². The quantitative estimate of drug-likeness (QED) is 0.434.